The van der Waals surface area contributed by atoms with Crippen LogP contribution >= 0.6 is 0 Å². The highest BCUT2D eigenvalue weighted by atomic mass is 19.1. The minimum Gasteiger partial charge on any atom is -0.454 e. The molecule has 0 radical (unpaired) electrons. The van der Waals surface area contributed by atoms with E-state index in [4.69, 9.17) is 0 Å². The van der Waals surface area contributed by atoms with Gasteiger partial charge in [-0.05, 0) is 36.2 Å². The number of halogens is 3. The molecule has 2 aromatic carbocycles. The molecule has 0 aliphatic carbocycles. The Morgan fingerprint density at radius 1 is 0.893 bits per heavy atom. The number of amides is 2. The van der Waals surface area contributed by atoms with Crippen molar-refractivity contribution in [1.29, 1.82) is 0 Å². The molecule has 0 atom stereocenters. The molecule has 6 nitrogen and oxygen atoms in total. The Kier molecular flexibility index (Phi) is 7.55. The normalized spacial score (nSPS) is 10.2. The Bertz CT molecular complexity index is 857. The van der Waals surface area contributed by atoms with Gasteiger partial charge in [-0.25, -0.2) is 13.2 Å². The Hall–Kier alpha value is -3.36. The lowest BCUT2D eigenvalue weighted by atomic mass is 10.1. The molecule has 148 valence electrons. The summed E-state index contributed by atoms with van der Waals surface area (Å²) in [7, 11) is 0. The van der Waals surface area contributed by atoms with Gasteiger partial charge in [0.15, 0.2) is 6.61 Å². The average Bonchev–Trinajstić information content (AvgIpc) is 2.66. The number of hydrogen-bond donors (Lipinski definition) is 2. The van der Waals surface area contributed by atoms with Crippen LogP contribution in [0.25, 0.3) is 0 Å². The van der Waals surface area contributed by atoms with Crippen LogP contribution in [0, 0.1) is 17.5 Å². The van der Waals surface area contributed by atoms with Crippen LogP contribution in [0.4, 0.5) is 13.2 Å². The summed E-state index contributed by atoms with van der Waals surface area (Å²) in [5.74, 6) is -4.62. The van der Waals surface area contributed by atoms with Crippen molar-refractivity contribution in [3.8, 4) is 0 Å². The second-order valence-corrected chi connectivity index (χ2v) is 5.69. The number of nitrogens with one attached hydrogen (secondary N) is 2. The van der Waals surface area contributed by atoms with E-state index in [2.05, 4.69) is 15.4 Å². The van der Waals surface area contributed by atoms with E-state index in [9.17, 15) is 27.6 Å². The molecule has 0 saturated heterocycles. The van der Waals surface area contributed by atoms with Gasteiger partial charge in [-0.3, -0.25) is 14.4 Å². The van der Waals surface area contributed by atoms with Crippen molar-refractivity contribution in [2.24, 2.45) is 0 Å². The summed E-state index contributed by atoms with van der Waals surface area (Å²) < 4.78 is 43.7. The van der Waals surface area contributed by atoms with E-state index in [1.807, 2.05) is 0 Å². The van der Waals surface area contributed by atoms with Crippen molar-refractivity contribution in [3.63, 3.8) is 0 Å². The summed E-state index contributed by atoms with van der Waals surface area (Å²) in [5, 5.41) is 4.64. The van der Waals surface area contributed by atoms with Crippen LogP contribution < -0.4 is 10.6 Å². The first-order valence-corrected chi connectivity index (χ1v) is 8.25. The summed E-state index contributed by atoms with van der Waals surface area (Å²) in [6.07, 6.45) is 0.471. The zero-order chi connectivity index (χ0) is 20.5. The quantitative estimate of drug-likeness (QED) is 0.668. The molecule has 0 unspecified atom stereocenters. The zero-order valence-electron chi connectivity index (χ0n) is 14.6. The van der Waals surface area contributed by atoms with Crippen LogP contribution in [0.3, 0.4) is 0 Å². The first-order valence-electron chi connectivity index (χ1n) is 8.25. The van der Waals surface area contributed by atoms with Gasteiger partial charge in [-0.2, -0.15) is 0 Å². The highest BCUT2D eigenvalue weighted by molar-refractivity contribution is 5.96. The molecular formula is C19H17F3N2O4. The SMILES string of the molecule is O=C(COC(=O)CNC(=O)c1ccc(F)cc1F)NCCc1ccc(F)cc1. The van der Waals surface area contributed by atoms with Crippen LogP contribution in [0.2, 0.25) is 0 Å². The van der Waals surface area contributed by atoms with E-state index in [-0.39, 0.29) is 12.4 Å². The average molecular weight is 394 g/mol. The number of carbonyl (C=O) groups is 3. The molecule has 2 aromatic rings. The van der Waals surface area contributed by atoms with E-state index in [0.29, 0.717) is 12.5 Å². The molecule has 2 amide bonds. The van der Waals surface area contributed by atoms with Crippen molar-refractivity contribution in [1.82, 2.24) is 10.6 Å². The van der Waals surface area contributed by atoms with Crippen molar-refractivity contribution < 1.29 is 32.3 Å². The van der Waals surface area contributed by atoms with Crippen LogP contribution in [-0.4, -0.2) is 37.5 Å². The minimum atomic E-state index is -1.06. The lowest BCUT2D eigenvalue weighted by Crippen LogP contribution is -2.34. The third-order valence-corrected chi connectivity index (χ3v) is 3.58. The predicted octanol–water partition coefficient (Wildman–Crippen LogP) is 1.74. The molecule has 0 aliphatic heterocycles. The maximum absolute atomic E-state index is 13.5. The highest BCUT2D eigenvalue weighted by Crippen LogP contribution is 2.09. The molecule has 2 rings (SSSR count). The van der Waals surface area contributed by atoms with Crippen LogP contribution in [0.5, 0.6) is 0 Å². The van der Waals surface area contributed by atoms with Gasteiger partial charge in [0, 0.05) is 12.6 Å². The molecular weight excluding hydrogens is 377 g/mol. The molecule has 0 aliphatic rings. The number of carbonyl (C=O) groups excluding carboxylic acids is 3. The summed E-state index contributed by atoms with van der Waals surface area (Å²) >= 11 is 0. The molecule has 0 heterocycles. The topological polar surface area (TPSA) is 84.5 Å². The summed E-state index contributed by atoms with van der Waals surface area (Å²) in [4.78, 5) is 34.9. The van der Waals surface area contributed by atoms with Crippen molar-refractivity contribution >= 4 is 17.8 Å². The zero-order valence-corrected chi connectivity index (χ0v) is 14.6. The standard InChI is InChI=1S/C19H17F3N2O4/c20-13-3-1-12(2-4-13)7-8-23-17(25)11-28-18(26)10-24-19(27)15-6-5-14(21)9-16(15)22/h1-6,9H,7-8,10-11H2,(H,23,25)(H,24,27). The fraction of sp³-hybridized carbons (Fsp3) is 0.211. The molecule has 28 heavy (non-hydrogen) atoms. The van der Waals surface area contributed by atoms with E-state index in [1.165, 1.54) is 12.1 Å². The monoisotopic (exact) mass is 394 g/mol. The fourth-order valence-corrected chi connectivity index (χ4v) is 2.17. The van der Waals surface area contributed by atoms with Crippen molar-refractivity contribution in [2.45, 2.75) is 6.42 Å². The Morgan fingerprint density at radius 2 is 1.57 bits per heavy atom. The number of esters is 1. The van der Waals surface area contributed by atoms with Gasteiger partial charge in [-0.15, -0.1) is 0 Å². The van der Waals surface area contributed by atoms with Gasteiger partial charge < -0.3 is 15.4 Å². The minimum absolute atomic E-state index is 0.266. The van der Waals surface area contributed by atoms with E-state index in [0.717, 1.165) is 17.7 Å². The van der Waals surface area contributed by atoms with Gasteiger partial charge in [0.1, 0.15) is 24.0 Å². The summed E-state index contributed by atoms with van der Waals surface area (Å²) in [6, 6.07) is 8.20. The number of rotatable bonds is 8. The highest BCUT2D eigenvalue weighted by Gasteiger charge is 2.14. The third-order valence-electron chi connectivity index (χ3n) is 3.58. The van der Waals surface area contributed by atoms with Gasteiger partial charge in [0.2, 0.25) is 0 Å². The third kappa shape index (κ3) is 6.75. The lowest BCUT2D eigenvalue weighted by Gasteiger charge is -2.08. The predicted molar refractivity (Wildman–Crippen MR) is 92.8 cm³/mol. The second kappa shape index (κ2) is 10.1. The Balaban J connectivity index is 1.65. The van der Waals surface area contributed by atoms with E-state index >= 15 is 0 Å². The van der Waals surface area contributed by atoms with Gasteiger partial charge in [0.05, 0.1) is 5.56 Å². The fourth-order valence-electron chi connectivity index (χ4n) is 2.17. The molecule has 9 heteroatoms. The number of benzene rings is 2. The smallest absolute Gasteiger partial charge is 0.325 e. The Labute approximate surface area is 158 Å². The Morgan fingerprint density at radius 3 is 2.25 bits per heavy atom. The second-order valence-electron chi connectivity index (χ2n) is 5.69. The van der Waals surface area contributed by atoms with Crippen LogP contribution in [0.1, 0.15) is 15.9 Å². The first-order chi connectivity index (χ1) is 13.3. The summed E-state index contributed by atoms with van der Waals surface area (Å²) in [5.41, 5.74) is 0.405. The lowest BCUT2D eigenvalue weighted by molar-refractivity contribution is -0.147. The molecule has 0 bridgehead atoms. The van der Waals surface area contributed by atoms with Gasteiger partial charge in [0.25, 0.3) is 11.8 Å². The van der Waals surface area contributed by atoms with Crippen LogP contribution in [0.15, 0.2) is 42.5 Å². The van der Waals surface area contributed by atoms with Gasteiger partial charge >= 0.3 is 5.97 Å². The van der Waals surface area contributed by atoms with E-state index < -0.39 is 48.1 Å². The molecule has 2 N–H and O–H groups in total. The van der Waals surface area contributed by atoms with Gasteiger partial charge in [-0.1, -0.05) is 12.1 Å². The molecule has 0 fully saturated rings. The number of ether oxygens (including phenoxy) is 1. The molecule has 0 aromatic heterocycles. The van der Waals surface area contributed by atoms with Crippen molar-refractivity contribution in [3.05, 3.63) is 71.0 Å². The molecule has 0 saturated carbocycles. The maximum Gasteiger partial charge on any atom is 0.325 e. The first kappa shape index (κ1) is 20.9. The van der Waals surface area contributed by atoms with Crippen LogP contribution in [-0.2, 0) is 20.7 Å². The maximum atomic E-state index is 13.5. The summed E-state index contributed by atoms with van der Waals surface area (Å²) in [6.45, 7) is -0.871. The van der Waals surface area contributed by atoms with E-state index in [1.54, 1.807) is 12.1 Å². The van der Waals surface area contributed by atoms with Crippen molar-refractivity contribution in [2.75, 3.05) is 19.7 Å². The largest absolute Gasteiger partial charge is 0.454 e. The molecule has 0 spiro atoms. The number of hydrogen-bond acceptors (Lipinski definition) is 4.